The zero-order valence-corrected chi connectivity index (χ0v) is 13.3. The van der Waals surface area contributed by atoms with Crippen LogP contribution in [0, 0.1) is 12.7 Å². The van der Waals surface area contributed by atoms with Gasteiger partial charge in [-0.3, -0.25) is 10.1 Å². The van der Waals surface area contributed by atoms with Gasteiger partial charge < -0.3 is 9.47 Å². The summed E-state index contributed by atoms with van der Waals surface area (Å²) >= 11 is 0. The van der Waals surface area contributed by atoms with Gasteiger partial charge in [0.2, 0.25) is 0 Å². The van der Waals surface area contributed by atoms with Crippen LogP contribution in [0.25, 0.3) is 0 Å². The van der Waals surface area contributed by atoms with E-state index in [0.29, 0.717) is 17.7 Å². The molecule has 118 valence electrons. The molecule has 0 aliphatic rings. The van der Waals surface area contributed by atoms with Crippen molar-refractivity contribution < 1.29 is 18.7 Å². The number of hydrogen-bond donors (Lipinski definition) is 1. The van der Waals surface area contributed by atoms with Gasteiger partial charge in [-0.1, -0.05) is 6.07 Å². The van der Waals surface area contributed by atoms with Crippen LogP contribution in [-0.2, 0) is 9.53 Å². The molecule has 0 spiro atoms. The molecule has 1 unspecified atom stereocenters. The SMILES string of the molecule is COC(=O)C(C)(CCOc1ccc(C)c(F)c1)NC(C)C. The van der Waals surface area contributed by atoms with E-state index in [2.05, 4.69) is 5.32 Å². The molecule has 0 aromatic heterocycles. The van der Waals surface area contributed by atoms with E-state index in [9.17, 15) is 9.18 Å². The lowest BCUT2D eigenvalue weighted by atomic mass is 9.97. The Morgan fingerprint density at radius 1 is 1.43 bits per heavy atom. The number of ether oxygens (including phenoxy) is 2. The maximum atomic E-state index is 13.4. The van der Waals surface area contributed by atoms with Crippen molar-refractivity contribution in [2.45, 2.75) is 45.7 Å². The first-order valence-corrected chi connectivity index (χ1v) is 7.03. The van der Waals surface area contributed by atoms with Gasteiger partial charge in [0, 0.05) is 18.5 Å². The molecule has 0 aliphatic carbocycles. The van der Waals surface area contributed by atoms with Crippen LogP contribution in [0.4, 0.5) is 4.39 Å². The molecule has 0 saturated carbocycles. The summed E-state index contributed by atoms with van der Waals surface area (Å²) < 4.78 is 23.8. The molecule has 0 bridgehead atoms. The molecule has 0 heterocycles. The van der Waals surface area contributed by atoms with Gasteiger partial charge in [0.15, 0.2) is 0 Å². The van der Waals surface area contributed by atoms with Gasteiger partial charge in [0.1, 0.15) is 17.1 Å². The van der Waals surface area contributed by atoms with Crippen LogP contribution < -0.4 is 10.1 Å². The molecule has 1 rings (SSSR count). The summed E-state index contributed by atoms with van der Waals surface area (Å²) in [5, 5.41) is 3.19. The van der Waals surface area contributed by atoms with E-state index in [1.807, 2.05) is 13.8 Å². The summed E-state index contributed by atoms with van der Waals surface area (Å²) in [4.78, 5) is 11.9. The zero-order valence-electron chi connectivity index (χ0n) is 13.3. The van der Waals surface area contributed by atoms with Crippen molar-refractivity contribution >= 4 is 5.97 Å². The Labute approximate surface area is 125 Å². The number of esters is 1. The second-order valence-corrected chi connectivity index (χ2v) is 5.63. The number of carbonyl (C=O) groups is 1. The van der Waals surface area contributed by atoms with E-state index in [1.165, 1.54) is 13.2 Å². The third-order valence-corrected chi connectivity index (χ3v) is 3.26. The van der Waals surface area contributed by atoms with E-state index in [1.54, 1.807) is 26.0 Å². The number of aryl methyl sites for hydroxylation is 1. The normalized spacial score (nSPS) is 13.9. The van der Waals surface area contributed by atoms with Gasteiger partial charge in [-0.25, -0.2) is 4.39 Å². The first-order valence-electron chi connectivity index (χ1n) is 7.03. The fourth-order valence-corrected chi connectivity index (χ4v) is 2.13. The van der Waals surface area contributed by atoms with E-state index in [4.69, 9.17) is 9.47 Å². The summed E-state index contributed by atoms with van der Waals surface area (Å²) in [5.74, 6) is -0.187. The smallest absolute Gasteiger partial charge is 0.325 e. The van der Waals surface area contributed by atoms with E-state index in [-0.39, 0.29) is 24.4 Å². The standard InChI is InChI=1S/C16H24FNO3/c1-11(2)18-16(4,15(19)20-5)8-9-21-13-7-6-12(3)14(17)10-13/h6-7,10-11,18H,8-9H2,1-5H3. The third kappa shape index (κ3) is 5.01. The van der Waals surface area contributed by atoms with Crippen molar-refractivity contribution in [2.24, 2.45) is 0 Å². The average molecular weight is 297 g/mol. The minimum atomic E-state index is -0.827. The first kappa shape index (κ1) is 17.4. The topological polar surface area (TPSA) is 47.6 Å². The molecule has 0 saturated heterocycles. The maximum Gasteiger partial charge on any atom is 0.325 e. The van der Waals surface area contributed by atoms with Crippen LogP contribution in [-0.4, -0.2) is 31.3 Å². The molecule has 1 atom stereocenters. The van der Waals surface area contributed by atoms with Gasteiger partial charge >= 0.3 is 5.97 Å². The van der Waals surface area contributed by atoms with Crippen molar-refractivity contribution in [3.05, 3.63) is 29.6 Å². The van der Waals surface area contributed by atoms with Gasteiger partial charge in [0.05, 0.1) is 13.7 Å². The Bertz CT molecular complexity index is 490. The Morgan fingerprint density at radius 2 is 2.10 bits per heavy atom. The lowest BCUT2D eigenvalue weighted by Crippen LogP contribution is -2.53. The van der Waals surface area contributed by atoms with Crippen LogP contribution in [0.3, 0.4) is 0 Å². The molecule has 0 amide bonds. The Hall–Kier alpha value is -1.62. The van der Waals surface area contributed by atoms with Crippen molar-refractivity contribution in [1.82, 2.24) is 5.32 Å². The van der Waals surface area contributed by atoms with E-state index in [0.717, 1.165) is 0 Å². The molecule has 1 N–H and O–H groups in total. The second kappa shape index (κ2) is 7.41. The second-order valence-electron chi connectivity index (χ2n) is 5.63. The number of rotatable bonds is 7. The number of hydrogen-bond acceptors (Lipinski definition) is 4. The maximum absolute atomic E-state index is 13.4. The number of carbonyl (C=O) groups excluding carboxylic acids is 1. The highest BCUT2D eigenvalue weighted by Crippen LogP contribution is 2.18. The van der Waals surface area contributed by atoms with Crippen LogP contribution in [0.15, 0.2) is 18.2 Å². The van der Waals surface area contributed by atoms with Crippen molar-refractivity contribution in [3.63, 3.8) is 0 Å². The minimum absolute atomic E-state index is 0.130. The van der Waals surface area contributed by atoms with Crippen LogP contribution in [0.2, 0.25) is 0 Å². The summed E-state index contributed by atoms with van der Waals surface area (Å²) in [7, 11) is 1.36. The molecule has 5 heteroatoms. The highest BCUT2D eigenvalue weighted by atomic mass is 19.1. The van der Waals surface area contributed by atoms with Gasteiger partial charge in [0.25, 0.3) is 0 Å². The van der Waals surface area contributed by atoms with E-state index < -0.39 is 5.54 Å². The van der Waals surface area contributed by atoms with Crippen molar-refractivity contribution in [1.29, 1.82) is 0 Å². The molecule has 1 aromatic rings. The average Bonchev–Trinajstić information content (AvgIpc) is 2.41. The molecule has 21 heavy (non-hydrogen) atoms. The summed E-state index contributed by atoms with van der Waals surface area (Å²) in [6, 6.07) is 4.85. The Kier molecular flexibility index (Phi) is 6.15. The molecule has 0 radical (unpaired) electrons. The monoisotopic (exact) mass is 297 g/mol. The lowest BCUT2D eigenvalue weighted by Gasteiger charge is -2.30. The molecule has 0 fully saturated rings. The highest BCUT2D eigenvalue weighted by Gasteiger charge is 2.34. The predicted molar refractivity (Wildman–Crippen MR) is 79.9 cm³/mol. The Morgan fingerprint density at radius 3 is 2.62 bits per heavy atom. The van der Waals surface area contributed by atoms with Gasteiger partial charge in [-0.15, -0.1) is 0 Å². The number of benzene rings is 1. The zero-order chi connectivity index (χ0) is 16.0. The van der Waals surface area contributed by atoms with Crippen LogP contribution in [0.1, 0.15) is 32.8 Å². The quantitative estimate of drug-likeness (QED) is 0.786. The molecular weight excluding hydrogens is 273 g/mol. The lowest BCUT2D eigenvalue weighted by molar-refractivity contribution is -0.148. The molecule has 1 aromatic carbocycles. The third-order valence-electron chi connectivity index (χ3n) is 3.26. The van der Waals surface area contributed by atoms with Crippen LogP contribution in [0.5, 0.6) is 5.75 Å². The van der Waals surface area contributed by atoms with Gasteiger partial charge in [-0.2, -0.15) is 0 Å². The van der Waals surface area contributed by atoms with Crippen molar-refractivity contribution in [3.8, 4) is 5.75 Å². The van der Waals surface area contributed by atoms with Gasteiger partial charge in [-0.05, 0) is 39.3 Å². The van der Waals surface area contributed by atoms with Crippen LogP contribution >= 0.6 is 0 Å². The minimum Gasteiger partial charge on any atom is -0.493 e. The number of halogens is 1. The fourth-order valence-electron chi connectivity index (χ4n) is 2.13. The predicted octanol–water partition coefficient (Wildman–Crippen LogP) is 2.83. The largest absolute Gasteiger partial charge is 0.493 e. The fraction of sp³-hybridized carbons (Fsp3) is 0.562. The summed E-state index contributed by atoms with van der Waals surface area (Å²) in [6.07, 6.45) is 0.424. The highest BCUT2D eigenvalue weighted by molar-refractivity contribution is 5.80. The Balaban J connectivity index is 2.64. The molecule has 4 nitrogen and oxygen atoms in total. The van der Waals surface area contributed by atoms with E-state index >= 15 is 0 Å². The number of methoxy groups -OCH3 is 1. The number of nitrogens with one attached hydrogen (secondary N) is 1. The summed E-state index contributed by atoms with van der Waals surface area (Å²) in [5.41, 5.74) is -0.255. The first-order chi connectivity index (χ1) is 9.78. The molecule has 0 aliphatic heterocycles. The molecular formula is C16H24FNO3. The summed E-state index contributed by atoms with van der Waals surface area (Å²) in [6.45, 7) is 7.67. The van der Waals surface area contributed by atoms with Crippen molar-refractivity contribution in [2.75, 3.05) is 13.7 Å².